The first-order valence-electron chi connectivity index (χ1n) is 14.5. The summed E-state index contributed by atoms with van der Waals surface area (Å²) < 4.78 is 5.22. The van der Waals surface area contributed by atoms with Crippen molar-refractivity contribution in [3.05, 3.63) is 23.8 Å². The number of carbonyl (C=O) groups excluding carboxylic acids is 4. The van der Waals surface area contributed by atoms with Crippen LogP contribution in [0, 0.1) is 39.4 Å². The third-order valence-electron chi connectivity index (χ3n) is 11.5. The van der Waals surface area contributed by atoms with Crippen molar-refractivity contribution < 1.29 is 44.3 Å². The molecule has 9 heteroatoms. The van der Waals surface area contributed by atoms with Gasteiger partial charge in [0.2, 0.25) is 0 Å². The van der Waals surface area contributed by atoms with Gasteiger partial charge >= 0.3 is 5.97 Å². The zero-order valence-electron chi connectivity index (χ0n) is 25.5. The summed E-state index contributed by atoms with van der Waals surface area (Å²) in [5, 5.41) is 45.0. The Morgan fingerprint density at radius 1 is 1.10 bits per heavy atom. The SMILES string of the molecule is CC(=O)OC(C)(C)/C=C/C(=O)C(C)(O)[C@H]1[C@@H](O)C[C@@]2(C)[C@@H]3CC=C4[C@H](C[C@H](O)C(=O)C4(C)C)[C@]3(CO)C(=O)C[C@]12C. The summed E-state index contributed by atoms with van der Waals surface area (Å²) in [7, 11) is 0. The second-order valence-electron chi connectivity index (χ2n) is 14.7. The zero-order valence-corrected chi connectivity index (χ0v) is 25.5. The number of aliphatic hydroxyl groups excluding tert-OH is 3. The predicted molar refractivity (Wildman–Crippen MR) is 149 cm³/mol. The molecule has 3 fully saturated rings. The molecule has 0 spiro atoms. The van der Waals surface area contributed by atoms with E-state index in [-0.39, 0.29) is 30.8 Å². The van der Waals surface area contributed by atoms with E-state index < -0.39 is 81.2 Å². The van der Waals surface area contributed by atoms with Crippen LogP contribution in [0.15, 0.2) is 23.8 Å². The van der Waals surface area contributed by atoms with Crippen LogP contribution in [-0.4, -0.2) is 73.8 Å². The largest absolute Gasteiger partial charge is 0.456 e. The Hall–Kier alpha value is -2.20. The summed E-state index contributed by atoms with van der Waals surface area (Å²) in [6, 6.07) is 0. The normalized spacial score (nSPS) is 41.7. The lowest BCUT2D eigenvalue weighted by molar-refractivity contribution is -0.192. The Morgan fingerprint density at radius 2 is 1.71 bits per heavy atom. The lowest BCUT2D eigenvalue weighted by atomic mass is 9.38. The summed E-state index contributed by atoms with van der Waals surface area (Å²) >= 11 is 0. The number of hydrogen-bond donors (Lipinski definition) is 4. The van der Waals surface area contributed by atoms with Crippen LogP contribution in [0.5, 0.6) is 0 Å². The molecular formula is C32H46O9. The molecule has 0 saturated heterocycles. The van der Waals surface area contributed by atoms with E-state index in [0.717, 1.165) is 11.6 Å². The highest BCUT2D eigenvalue weighted by Crippen LogP contribution is 2.74. The van der Waals surface area contributed by atoms with Crippen LogP contribution < -0.4 is 0 Å². The minimum Gasteiger partial charge on any atom is -0.456 e. The number of aliphatic hydroxyl groups is 4. The maximum Gasteiger partial charge on any atom is 0.303 e. The van der Waals surface area contributed by atoms with Crippen molar-refractivity contribution in [3.8, 4) is 0 Å². The number of hydrogen-bond acceptors (Lipinski definition) is 9. The van der Waals surface area contributed by atoms with Gasteiger partial charge in [-0.05, 0) is 88.7 Å². The molecule has 0 aromatic heterocycles. The Kier molecular flexibility index (Phi) is 7.47. The molecule has 0 amide bonds. The molecule has 228 valence electrons. The van der Waals surface area contributed by atoms with Gasteiger partial charge in [-0.1, -0.05) is 25.5 Å². The topological polar surface area (TPSA) is 158 Å². The minimum atomic E-state index is -2.06. The number of fused-ring (bicyclic) bond motifs is 5. The Labute approximate surface area is 242 Å². The average molecular weight is 575 g/mol. The number of rotatable bonds is 6. The molecule has 0 aromatic rings. The number of esters is 1. The fourth-order valence-electron chi connectivity index (χ4n) is 9.47. The minimum absolute atomic E-state index is 0.0365. The van der Waals surface area contributed by atoms with Gasteiger partial charge in [-0.15, -0.1) is 0 Å². The highest BCUT2D eigenvalue weighted by molar-refractivity contribution is 5.98. The average Bonchev–Trinajstić information content (AvgIpc) is 3.05. The molecule has 0 aromatic carbocycles. The Morgan fingerprint density at radius 3 is 2.27 bits per heavy atom. The molecule has 0 radical (unpaired) electrons. The number of allylic oxidation sites excluding steroid dienone is 2. The number of ketones is 3. The molecule has 9 atom stereocenters. The molecular weight excluding hydrogens is 528 g/mol. The summed E-state index contributed by atoms with van der Waals surface area (Å²) in [5.74, 6) is -3.76. The van der Waals surface area contributed by atoms with Crippen LogP contribution in [0.4, 0.5) is 0 Å². The third kappa shape index (κ3) is 4.33. The highest BCUT2D eigenvalue weighted by atomic mass is 16.6. The molecule has 0 aliphatic heterocycles. The lowest BCUT2D eigenvalue weighted by Crippen LogP contribution is -2.67. The van der Waals surface area contributed by atoms with Crippen LogP contribution in [-0.2, 0) is 23.9 Å². The van der Waals surface area contributed by atoms with E-state index in [1.54, 1.807) is 27.7 Å². The number of ether oxygens (including phenoxy) is 1. The van der Waals surface area contributed by atoms with E-state index in [2.05, 4.69) is 0 Å². The molecule has 4 aliphatic rings. The summed E-state index contributed by atoms with van der Waals surface area (Å²) in [5.41, 5.74) is -6.45. The van der Waals surface area contributed by atoms with Crippen molar-refractivity contribution in [2.75, 3.05) is 6.61 Å². The number of Topliss-reactive ketones (excluding diaryl/α,β-unsaturated/α-hetero) is 2. The van der Waals surface area contributed by atoms with Crippen LogP contribution in [0.2, 0.25) is 0 Å². The Balaban J connectivity index is 1.78. The third-order valence-corrected chi connectivity index (χ3v) is 11.5. The Bertz CT molecular complexity index is 1230. The van der Waals surface area contributed by atoms with Gasteiger partial charge in [-0.3, -0.25) is 19.2 Å². The van der Waals surface area contributed by atoms with Gasteiger partial charge in [0.05, 0.1) is 18.1 Å². The highest BCUT2D eigenvalue weighted by Gasteiger charge is 2.75. The molecule has 3 saturated carbocycles. The van der Waals surface area contributed by atoms with Gasteiger partial charge in [-0.25, -0.2) is 0 Å². The van der Waals surface area contributed by atoms with Crippen molar-refractivity contribution in [1.29, 1.82) is 0 Å². The van der Waals surface area contributed by atoms with Gasteiger partial charge in [-0.2, -0.15) is 0 Å². The quantitative estimate of drug-likeness (QED) is 0.212. The summed E-state index contributed by atoms with van der Waals surface area (Å²) in [6.07, 6.45) is 2.66. The molecule has 41 heavy (non-hydrogen) atoms. The van der Waals surface area contributed by atoms with Crippen LogP contribution >= 0.6 is 0 Å². The van der Waals surface area contributed by atoms with E-state index in [9.17, 15) is 39.6 Å². The second-order valence-corrected chi connectivity index (χ2v) is 14.7. The maximum absolute atomic E-state index is 14.4. The van der Waals surface area contributed by atoms with Crippen LogP contribution in [0.25, 0.3) is 0 Å². The van der Waals surface area contributed by atoms with Gasteiger partial charge in [0, 0.05) is 24.7 Å². The molecule has 1 unspecified atom stereocenters. The second kappa shape index (κ2) is 9.66. The first-order valence-corrected chi connectivity index (χ1v) is 14.5. The lowest BCUT2D eigenvalue weighted by Gasteiger charge is -2.64. The van der Waals surface area contributed by atoms with Crippen LogP contribution in [0.3, 0.4) is 0 Å². The predicted octanol–water partition coefficient (Wildman–Crippen LogP) is 2.47. The smallest absolute Gasteiger partial charge is 0.303 e. The zero-order chi connectivity index (χ0) is 31.1. The van der Waals surface area contributed by atoms with Gasteiger partial charge in [0.25, 0.3) is 0 Å². The van der Waals surface area contributed by atoms with Gasteiger partial charge < -0.3 is 25.2 Å². The molecule has 4 N–H and O–H groups in total. The van der Waals surface area contributed by atoms with E-state index in [4.69, 9.17) is 4.74 Å². The van der Waals surface area contributed by atoms with E-state index in [1.165, 1.54) is 19.9 Å². The monoisotopic (exact) mass is 574 g/mol. The molecule has 0 heterocycles. The fraction of sp³-hybridized carbons (Fsp3) is 0.750. The molecule has 9 nitrogen and oxygen atoms in total. The van der Waals surface area contributed by atoms with E-state index in [0.29, 0.717) is 6.42 Å². The van der Waals surface area contributed by atoms with Crippen LogP contribution in [0.1, 0.15) is 81.1 Å². The number of carbonyl (C=O) groups is 4. The van der Waals surface area contributed by atoms with Crippen molar-refractivity contribution in [1.82, 2.24) is 0 Å². The molecule has 0 bridgehead atoms. The van der Waals surface area contributed by atoms with Gasteiger partial charge in [0.15, 0.2) is 11.6 Å². The molecule has 4 rings (SSSR count). The standard InChI is InChI=1S/C32H46O9/c1-17(34)41-27(2,3)12-11-23(37)31(8,40)25-21(36)14-29(6)22-10-9-18-19(13-20(35)26(39)28(18,4)5)32(22,16-33)24(38)15-30(25,29)7/h9,11-12,19-22,25,33,35-36,40H,10,13-16H2,1-8H3/b12-11+/t19-,20-,21-,22-,25-,29-,30+,31?,32-/m0/s1. The fourth-order valence-corrected chi connectivity index (χ4v) is 9.47. The van der Waals surface area contributed by atoms with E-state index in [1.807, 2.05) is 19.9 Å². The van der Waals surface area contributed by atoms with E-state index >= 15 is 0 Å². The maximum atomic E-state index is 14.4. The summed E-state index contributed by atoms with van der Waals surface area (Å²) in [6.45, 7) is 12.6. The summed E-state index contributed by atoms with van der Waals surface area (Å²) in [4.78, 5) is 52.2. The van der Waals surface area contributed by atoms with Crippen molar-refractivity contribution >= 4 is 23.3 Å². The van der Waals surface area contributed by atoms with Crippen molar-refractivity contribution in [3.63, 3.8) is 0 Å². The molecule has 4 aliphatic carbocycles. The first-order chi connectivity index (χ1) is 18.6. The van der Waals surface area contributed by atoms with Gasteiger partial charge in [0.1, 0.15) is 23.1 Å². The van der Waals surface area contributed by atoms with Crippen molar-refractivity contribution in [2.24, 2.45) is 39.4 Å². The van der Waals surface area contributed by atoms with Crippen molar-refractivity contribution in [2.45, 2.75) is 104 Å². The first kappa shape index (κ1) is 31.7.